The normalized spacial score (nSPS) is 8.45. The molecule has 3 heteroatoms. The van der Waals surface area contributed by atoms with Crippen molar-refractivity contribution in [2.75, 3.05) is 18.4 Å². The van der Waals surface area contributed by atoms with Gasteiger partial charge in [-0.3, -0.25) is 0 Å². The van der Waals surface area contributed by atoms with Crippen molar-refractivity contribution in [3.05, 3.63) is 30.3 Å². The van der Waals surface area contributed by atoms with E-state index in [0.29, 0.717) is 6.54 Å². The van der Waals surface area contributed by atoms with E-state index in [1.807, 2.05) is 24.3 Å². The third-order valence-electron chi connectivity index (χ3n) is 1.19. The Labute approximate surface area is 82.1 Å². The van der Waals surface area contributed by atoms with Crippen molar-refractivity contribution in [1.82, 2.24) is 0 Å². The zero-order valence-electron chi connectivity index (χ0n) is 6.30. The average Bonchev–Trinajstić information content (AvgIpc) is 2.03. The summed E-state index contributed by atoms with van der Waals surface area (Å²) in [5.74, 6) is 0. The molecule has 0 bridgehead atoms. The van der Waals surface area contributed by atoms with Crippen molar-refractivity contribution in [3.8, 4) is 0 Å². The van der Waals surface area contributed by atoms with Crippen LogP contribution in [0.3, 0.4) is 0 Å². The summed E-state index contributed by atoms with van der Waals surface area (Å²) in [7, 11) is 0. The van der Waals surface area contributed by atoms with Crippen molar-refractivity contribution in [3.63, 3.8) is 0 Å². The molecule has 1 radical (unpaired) electrons. The molecule has 0 aliphatic heterocycles. The Morgan fingerprint density at radius 3 is 2.55 bits per heavy atom. The van der Waals surface area contributed by atoms with E-state index in [4.69, 9.17) is 5.73 Å². The number of anilines is 1. The molecule has 0 amide bonds. The summed E-state index contributed by atoms with van der Waals surface area (Å²) in [6.45, 7) is 1.49. The van der Waals surface area contributed by atoms with Gasteiger partial charge in [0.1, 0.15) is 0 Å². The van der Waals surface area contributed by atoms with Gasteiger partial charge < -0.3 is 11.1 Å². The Morgan fingerprint density at radius 1 is 1.36 bits per heavy atom. The number of nitrogens with two attached hydrogens (primary N) is 1. The Kier molecular flexibility index (Phi) is 6.23. The molecule has 0 atom stereocenters. The van der Waals surface area contributed by atoms with E-state index >= 15 is 0 Å². The molecule has 1 aromatic carbocycles. The second-order valence-corrected chi connectivity index (χ2v) is 2.00. The van der Waals surface area contributed by atoms with E-state index in [-0.39, 0.29) is 21.7 Å². The predicted octanol–water partition coefficient (Wildman–Crippen LogP) is 0.855. The molecule has 0 spiro atoms. The van der Waals surface area contributed by atoms with E-state index in [0.717, 1.165) is 12.2 Å². The molecule has 1 rings (SSSR count). The van der Waals surface area contributed by atoms with Crippen LogP contribution in [0.5, 0.6) is 0 Å². The van der Waals surface area contributed by atoms with Crippen molar-refractivity contribution in [2.24, 2.45) is 5.73 Å². The van der Waals surface area contributed by atoms with E-state index in [2.05, 4.69) is 11.4 Å². The summed E-state index contributed by atoms with van der Waals surface area (Å²) in [5, 5.41) is 3.15. The molecule has 0 aromatic heterocycles. The minimum atomic E-state index is 0. The molecule has 11 heavy (non-hydrogen) atoms. The number of hydrogen-bond donors (Lipinski definition) is 2. The number of benzene rings is 1. The zero-order valence-corrected chi connectivity index (χ0v) is 7.86. The van der Waals surface area contributed by atoms with Crippen LogP contribution < -0.4 is 11.1 Å². The fourth-order valence-electron chi connectivity index (χ4n) is 0.721. The smallest absolute Gasteiger partial charge is 0.0341 e. The van der Waals surface area contributed by atoms with Crippen molar-refractivity contribution in [1.29, 1.82) is 0 Å². The van der Waals surface area contributed by atoms with Gasteiger partial charge in [0.15, 0.2) is 0 Å². The third kappa shape index (κ3) is 4.20. The van der Waals surface area contributed by atoms with Gasteiger partial charge in [0.2, 0.25) is 0 Å². The van der Waals surface area contributed by atoms with Gasteiger partial charge in [-0.05, 0) is 18.2 Å². The Morgan fingerprint density at radius 2 is 2.00 bits per heavy atom. The topological polar surface area (TPSA) is 38.0 Å². The summed E-state index contributed by atoms with van der Waals surface area (Å²) in [6.07, 6.45) is 0. The minimum Gasteiger partial charge on any atom is -0.384 e. The van der Waals surface area contributed by atoms with Gasteiger partial charge in [-0.15, -0.1) is 0 Å². The number of rotatable bonds is 3. The summed E-state index contributed by atoms with van der Waals surface area (Å²) in [6, 6.07) is 10.6. The number of nitrogens with one attached hydrogen (secondary N) is 1. The first kappa shape index (κ1) is 10.7. The molecule has 0 heterocycles. The molecule has 0 fully saturated rings. The zero-order chi connectivity index (χ0) is 7.23. The van der Waals surface area contributed by atoms with Crippen LogP contribution in [0.2, 0.25) is 0 Å². The van der Waals surface area contributed by atoms with Crippen LogP contribution in [-0.4, -0.2) is 13.1 Å². The minimum absolute atomic E-state index is 0. The van der Waals surface area contributed by atoms with E-state index in [1.165, 1.54) is 0 Å². The molecule has 0 saturated carbocycles. The predicted molar refractivity (Wildman–Crippen MR) is 42.8 cm³/mol. The van der Waals surface area contributed by atoms with Gasteiger partial charge in [-0.2, -0.15) is 0 Å². The molecule has 0 aliphatic rings. The van der Waals surface area contributed by atoms with Crippen molar-refractivity contribution < 1.29 is 21.7 Å². The first-order chi connectivity index (χ1) is 4.93. The van der Waals surface area contributed by atoms with Crippen LogP contribution in [0, 0.1) is 6.07 Å². The van der Waals surface area contributed by atoms with E-state index in [9.17, 15) is 0 Å². The standard InChI is InChI=1S/C8H11N2.Ti/c9-6-7-10-8-4-2-1-3-5-8;/h2-5,10H,6-7,9H2;. The van der Waals surface area contributed by atoms with E-state index < -0.39 is 0 Å². The fraction of sp³-hybridized carbons (Fsp3) is 0.250. The molecule has 3 N–H and O–H groups in total. The maximum atomic E-state index is 5.31. The first-order valence-corrected chi connectivity index (χ1v) is 3.33. The van der Waals surface area contributed by atoms with Crippen molar-refractivity contribution >= 4 is 5.69 Å². The van der Waals surface area contributed by atoms with Crippen LogP contribution in [0.4, 0.5) is 5.69 Å². The van der Waals surface area contributed by atoms with Gasteiger partial charge in [-0.1, -0.05) is 12.1 Å². The molecule has 0 unspecified atom stereocenters. The first-order valence-electron chi connectivity index (χ1n) is 3.33. The summed E-state index contributed by atoms with van der Waals surface area (Å²) in [5.41, 5.74) is 6.41. The third-order valence-corrected chi connectivity index (χ3v) is 1.19. The average molecular weight is 183 g/mol. The molecule has 0 aliphatic carbocycles. The molecular formula is C8H11N2Ti. The molecule has 57 valence electrons. The number of hydrogen-bond acceptors (Lipinski definition) is 2. The van der Waals surface area contributed by atoms with Gasteiger partial charge in [-0.25, -0.2) is 0 Å². The quantitative estimate of drug-likeness (QED) is 0.682. The monoisotopic (exact) mass is 183 g/mol. The van der Waals surface area contributed by atoms with Crippen LogP contribution in [0.25, 0.3) is 0 Å². The molecular weight excluding hydrogens is 172 g/mol. The van der Waals surface area contributed by atoms with Crippen LogP contribution in [-0.2, 0) is 21.7 Å². The molecule has 1 aromatic rings. The van der Waals surface area contributed by atoms with Gasteiger partial charge in [0, 0.05) is 40.5 Å². The maximum Gasteiger partial charge on any atom is 0.0341 e. The fourth-order valence-corrected chi connectivity index (χ4v) is 0.721. The molecule has 0 saturated heterocycles. The summed E-state index contributed by atoms with van der Waals surface area (Å²) >= 11 is 0. The van der Waals surface area contributed by atoms with Gasteiger partial charge in [0.05, 0.1) is 0 Å². The van der Waals surface area contributed by atoms with Crippen LogP contribution in [0.1, 0.15) is 0 Å². The second-order valence-electron chi connectivity index (χ2n) is 2.00. The Balaban J connectivity index is 0.000001000. The summed E-state index contributed by atoms with van der Waals surface area (Å²) in [4.78, 5) is 0. The van der Waals surface area contributed by atoms with Gasteiger partial charge >= 0.3 is 0 Å². The second kappa shape index (κ2) is 6.41. The van der Waals surface area contributed by atoms with E-state index in [1.54, 1.807) is 0 Å². The van der Waals surface area contributed by atoms with Crippen LogP contribution >= 0.6 is 0 Å². The SMILES string of the molecule is NCCNc1cc[c]cc1.[Ti]. The molecule has 2 nitrogen and oxygen atoms in total. The van der Waals surface area contributed by atoms with Gasteiger partial charge in [0.25, 0.3) is 0 Å². The summed E-state index contributed by atoms with van der Waals surface area (Å²) < 4.78 is 0. The Bertz CT molecular complexity index is 177. The maximum absolute atomic E-state index is 5.31. The van der Waals surface area contributed by atoms with Crippen LogP contribution in [0.15, 0.2) is 24.3 Å². The Hall–Kier alpha value is -0.306. The van der Waals surface area contributed by atoms with Crippen molar-refractivity contribution in [2.45, 2.75) is 0 Å². The largest absolute Gasteiger partial charge is 0.384 e.